The number of nitrogens with zero attached hydrogens (tertiary/aromatic N) is 2. The molecule has 3 heterocycles. The van der Waals surface area contributed by atoms with Crippen LogP contribution >= 0.6 is 23.5 Å². The van der Waals surface area contributed by atoms with Crippen LogP contribution in [0.5, 0.6) is 0 Å². The Labute approximate surface area is 219 Å². The van der Waals surface area contributed by atoms with Crippen LogP contribution in [0.2, 0.25) is 0 Å². The molecule has 2 aromatic heterocycles. The minimum absolute atomic E-state index is 0.0840. The normalized spacial score (nSPS) is 22.5. The number of hydrogen-bond acceptors (Lipinski definition) is 12. The van der Waals surface area contributed by atoms with Gasteiger partial charge in [0.25, 0.3) is 5.56 Å². The fourth-order valence-electron chi connectivity index (χ4n) is 3.53. The molecule has 22 heteroatoms. The van der Waals surface area contributed by atoms with Gasteiger partial charge in [0.15, 0.2) is 5.65 Å². The van der Waals surface area contributed by atoms with Crippen molar-refractivity contribution < 1.29 is 60.7 Å². The van der Waals surface area contributed by atoms with Crippen LogP contribution < -0.4 is 16.6 Å². The van der Waals surface area contributed by atoms with E-state index in [1.807, 2.05) is 0 Å². The van der Waals surface area contributed by atoms with E-state index >= 15 is 0 Å². The second-order valence-corrected chi connectivity index (χ2v) is 12.4. The van der Waals surface area contributed by atoms with Gasteiger partial charge in [0.05, 0.1) is 37.3 Å². The van der Waals surface area contributed by atoms with Crippen LogP contribution in [-0.4, -0.2) is 66.6 Å². The average Bonchev–Trinajstić information content (AvgIpc) is 3.32. The van der Waals surface area contributed by atoms with E-state index in [0.29, 0.717) is 0 Å². The molecule has 2 aromatic rings. The second kappa shape index (κ2) is 11.9. The first-order valence-corrected chi connectivity index (χ1v) is 15.2. The minimum Gasteiger partial charge on any atom is -0.453 e. The maximum atomic E-state index is 12.6. The Morgan fingerprint density at radius 2 is 1.97 bits per heavy atom. The number of ether oxygens (including phenoxy) is 2. The van der Waals surface area contributed by atoms with Crippen LogP contribution in [0.25, 0.3) is 11.0 Å². The summed E-state index contributed by atoms with van der Waals surface area (Å²) < 4.78 is 58.2. The minimum atomic E-state index is -5.67. The first-order chi connectivity index (χ1) is 18.0. The van der Waals surface area contributed by atoms with E-state index in [9.17, 15) is 33.1 Å². The van der Waals surface area contributed by atoms with Crippen LogP contribution in [0.3, 0.4) is 0 Å². The number of aromatic nitrogens is 3. The van der Waals surface area contributed by atoms with Crippen LogP contribution in [0, 0.1) is 17.8 Å². The number of carbonyl (C=O) groups excluding carboxylic acids is 1. The number of amides is 1. The highest BCUT2D eigenvalue weighted by Crippen LogP contribution is 2.66. The van der Waals surface area contributed by atoms with Crippen molar-refractivity contribution in [3.05, 3.63) is 22.1 Å². The Kier molecular flexibility index (Phi) is 9.43. The highest BCUT2D eigenvalue weighted by atomic mass is 31.3. The van der Waals surface area contributed by atoms with Crippen LogP contribution in [-0.2, 0) is 36.3 Å². The molecule has 19 nitrogen and oxygen atoms in total. The maximum absolute atomic E-state index is 12.6. The molecule has 0 spiro atoms. The lowest BCUT2D eigenvalue weighted by Gasteiger charge is -2.20. The number of fused-ring (bicyclic) bond motifs is 1. The lowest BCUT2D eigenvalue weighted by atomic mass is 10.0. The van der Waals surface area contributed by atoms with Crippen molar-refractivity contribution in [2.45, 2.75) is 25.7 Å². The van der Waals surface area contributed by atoms with Crippen molar-refractivity contribution in [2.75, 3.05) is 26.0 Å². The van der Waals surface area contributed by atoms with Gasteiger partial charge < -0.3 is 44.7 Å². The van der Waals surface area contributed by atoms with E-state index < -0.39 is 54.1 Å². The number of nitrogens with two attached hydrogens (primary N) is 1. The molecular formula is C17H24N5O14P3. The van der Waals surface area contributed by atoms with Crippen molar-refractivity contribution in [2.24, 2.45) is 5.92 Å². The molecule has 1 fully saturated rings. The predicted octanol–water partition coefficient (Wildman–Crippen LogP) is 0.281. The zero-order valence-electron chi connectivity index (χ0n) is 20.1. The number of hydrogen-bond donors (Lipinski definition) is 7. The number of nitrogen functional groups attached to an aromatic ring is 1. The molecule has 5 atom stereocenters. The molecule has 3 unspecified atom stereocenters. The van der Waals surface area contributed by atoms with Gasteiger partial charge in [-0.1, -0.05) is 18.8 Å². The second-order valence-electron chi connectivity index (χ2n) is 7.98. The molecule has 3 rings (SSSR count). The largest absolute Gasteiger partial charge is 0.490 e. The summed E-state index contributed by atoms with van der Waals surface area (Å²) in [5.41, 5.74) is 5.46. The monoisotopic (exact) mass is 615 g/mol. The third kappa shape index (κ3) is 8.45. The van der Waals surface area contributed by atoms with Crippen molar-refractivity contribution >= 4 is 46.5 Å². The predicted molar refractivity (Wildman–Crippen MR) is 130 cm³/mol. The summed E-state index contributed by atoms with van der Waals surface area (Å²) >= 11 is 0. The van der Waals surface area contributed by atoms with E-state index in [0.717, 1.165) is 0 Å². The van der Waals surface area contributed by atoms with Crippen LogP contribution in [0.4, 0.5) is 10.7 Å². The van der Waals surface area contributed by atoms with Gasteiger partial charge in [0.2, 0.25) is 5.95 Å². The molecule has 0 saturated carbocycles. The third-order valence-corrected chi connectivity index (χ3v) is 8.90. The molecule has 1 aliphatic rings. The van der Waals surface area contributed by atoms with E-state index in [2.05, 4.69) is 45.0 Å². The Morgan fingerprint density at radius 1 is 1.28 bits per heavy atom. The summed E-state index contributed by atoms with van der Waals surface area (Å²) in [6, 6.07) is 0. The molecule has 1 aliphatic heterocycles. The van der Waals surface area contributed by atoms with E-state index in [4.69, 9.17) is 20.3 Å². The zero-order valence-corrected chi connectivity index (χ0v) is 22.8. The van der Waals surface area contributed by atoms with Gasteiger partial charge in [-0.2, -0.15) is 13.6 Å². The third-order valence-electron chi connectivity index (χ3n) is 5.10. The molecule has 1 amide bonds. The Bertz CT molecular complexity index is 1510. The smallest absolute Gasteiger partial charge is 0.453 e. The molecule has 39 heavy (non-hydrogen) atoms. The lowest BCUT2D eigenvalue weighted by Crippen LogP contribution is -2.22. The quantitative estimate of drug-likeness (QED) is 0.147. The maximum Gasteiger partial charge on any atom is 0.490 e. The molecule has 0 radical (unpaired) electrons. The SMILES string of the molecule is COC(=O)NCC#Cc1cn([C@H]2CC(C)[C@@H](COP(=O)(O)OP(=O)(O)OP(=O)(O)O)O2)c2nc(N)[nH]c(=O)c12. The standard InChI is InChI=1S/C17H24N5O14P3/c1-9-6-12(34-11(9)8-33-38(28,29)36-39(30,31)35-37(25,26)27)22-7-10(4-3-5-19-17(24)32-2)13-14(22)20-16(18)21-15(13)23/h7,9,11-12H,5-6,8H2,1-2H3,(H,19,24)(H,28,29)(H,30,31)(H2,25,26,27)(H3,18,20,21,23)/t9?,11-,12-/m1/s1. The number of nitrogens with one attached hydrogen (secondary N) is 2. The van der Waals surface area contributed by atoms with E-state index in [1.165, 1.54) is 17.9 Å². The Morgan fingerprint density at radius 3 is 2.62 bits per heavy atom. The van der Waals surface area contributed by atoms with Gasteiger partial charge in [-0.05, 0) is 12.3 Å². The molecule has 0 aromatic carbocycles. The molecular weight excluding hydrogens is 591 g/mol. The van der Waals surface area contributed by atoms with Gasteiger partial charge in [0.1, 0.15) is 6.23 Å². The number of alkyl carbamates (subject to hydrolysis) is 1. The number of rotatable bonds is 9. The summed E-state index contributed by atoms with van der Waals surface area (Å²) in [6.07, 6.45) is -0.640. The summed E-state index contributed by atoms with van der Waals surface area (Å²) in [7, 11) is -15.4. The summed E-state index contributed by atoms with van der Waals surface area (Å²) in [6.45, 7) is 0.965. The number of aromatic amines is 1. The zero-order chi connectivity index (χ0) is 29.2. The molecule has 216 valence electrons. The van der Waals surface area contributed by atoms with Crippen LogP contribution in [0.15, 0.2) is 11.0 Å². The molecule has 0 aliphatic carbocycles. The number of phosphoric acid groups is 3. The first kappa shape index (κ1) is 31.0. The first-order valence-electron chi connectivity index (χ1n) is 10.6. The lowest BCUT2D eigenvalue weighted by molar-refractivity contribution is -0.0271. The van der Waals surface area contributed by atoms with Crippen molar-refractivity contribution in [1.29, 1.82) is 0 Å². The van der Waals surface area contributed by atoms with Crippen molar-refractivity contribution in [3.8, 4) is 11.8 Å². The highest BCUT2D eigenvalue weighted by Gasteiger charge is 2.42. The number of methoxy groups -OCH3 is 1. The van der Waals surface area contributed by atoms with Crippen LogP contribution in [0.1, 0.15) is 25.1 Å². The molecule has 8 N–H and O–H groups in total. The van der Waals surface area contributed by atoms with Crippen molar-refractivity contribution in [1.82, 2.24) is 19.9 Å². The van der Waals surface area contributed by atoms with Gasteiger partial charge in [-0.25, -0.2) is 18.5 Å². The fraction of sp³-hybridized carbons (Fsp3) is 0.471. The highest BCUT2D eigenvalue weighted by molar-refractivity contribution is 7.66. The van der Waals surface area contributed by atoms with Gasteiger partial charge in [-0.15, -0.1) is 0 Å². The summed E-state index contributed by atoms with van der Waals surface area (Å²) in [4.78, 5) is 66.5. The number of phosphoric ester groups is 1. The number of H-pyrrole nitrogens is 1. The van der Waals surface area contributed by atoms with Gasteiger partial charge in [0, 0.05) is 6.20 Å². The van der Waals surface area contributed by atoms with Gasteiger partial charge in [-0.3, -0.25) is 14.3 Å². The van der Waals surface area contributed by atoms with Gasteiger partial charge >= 0.3 is 29.6 Å². The average molecular weight is 615 g/mol. The van der Waals surface area contributed by atoms with Crippen molar-refractivity contribution in [3.63, 3.8) is 0 Å². The fourth-order valence-corrected chi connectivity index (χ4v) is 6.56. The summed E-state index contributed by atoms with van der Waals surface area (Å²) in [5.74, 6) is 4.88. The van der Waals surface area contributed by atoms with E-state index in [1.54, 1.807) is 6.92 Å². The summed E-state index contributed by atoms with van der Waals surface area (Å²) in [5, 5.41) is 2.45. The molecule has 1 saturated heterocycles. The topological polar surface area (TPSA) is 284 Å². The number of anilines is 1. The van der Waals surface area contributed by atoms with E-state index in [-0.39, 0.29) is 41.4 Å². The Balaban J connectivity index is 1.78. The molecule has 0 bridgehead atoms. The number of carbonyl (C=O) groups is 1. The Hall–Kier alpha value is -2.58.